The Labute approximate surface area is 152 Å². The van der Waals surface area contributed by atoms with E-state index in [-0.39, 0.29) is 18.0 Å². The summed E-state index contributed by atoms with van der Waals surface area (Å²) in [7, 11) is 1.71. The highest BCUT2D eigenvalue weighted by Gasteiger charge is 2.22. The van der Waals surface area contributed by atoms with E-state index < -0.39 is 5.97 Å². The largest absolute Gasteiger partial charge is 0.477 e. The quantitative estimate of drug-likeness (QED) is 0.732. The molecule has 3 aromatic rings. The minimum absolute atomic E-state index is 0.0119. The van der Waals surface area contributed by atoms with Crippen LogP contribution in [-0.2, 0) is 24.7 Å². The van der Waals surface area contributed by atoms with E-state index in [1.807, 2.05) is 49.4 Å². The van der Waals surface area contributed by atoms with Crippen molar-refractivity contribution in [1.82, 2.24) is 4.57 Å². The van der Waals surface area contributed by atoms with Gasteiger partial charge in [0.05, 0.1) is 6.42 Å². The lowest BCUT2D eigenvalue weighted by Crippen LogP contribution is -2.17. The number of nitrogens with zero attached hydrogens (tertiary/aromatic N) is 1. The van der Waals surface area contributed by atoms with Crippen molar-refractivity contribution in [3.8, 4) is 0 Å². The number of hydrogen-bond acceptors (Lipinski definition) is 2. The first kappa shape index (κ1) is 17.7. The number of nitrogens with one attached hydrogen (secondary N) is 1. The summed E-state index contributed by atoms with van der Waals surface area (Å²) < 4.78 is 1.63. The number of rotatable bonds is 5. The molecule has 134 valence electrons. The molecule has 2 N–H and O–H groups in total. The summed E-state index contributed by atoms with van der Waals surface area (Å²) in [6, 6.07) is 13.4. The Morgan fingerprint density at radius 1 is 1.12 bits per heavy atom. The molecule has 0 unspecified atom stereocenters. The van der Waals surface area contributed by atoms with Crippen molar-refractivity contribution in [2.45, 2.75) is 26.7 Å². The number of anilines is 1. The van der Waals surface area contributed by atoms with Crippen LogP contribution in [0.3, 0.4) is 0 Å². The topological polar surface area (TPSA) is 71.3 Å². The standard InChI is InChI=1S/C21H22N2O3/c1-4-14-6-8-15(9-7-14)22-19(24)12-17-16-11-13(2)5-10-18(16)23(3)20(17)21(25)26/h5-11H,4,12H2,1-3H3,(H,22,24)(H,25,26). The normalized spacial score (nSPS) is 10.9. The van der Waals surface area contributed by atoms with Gasteiger partial charge in [-0.3, -0.25) is 4.79 Å². The number of aromatic nitrogens is 1. The fraction of sp³-hybridized carbons (Fsp3) is 0.238. The van der Waals surface area contributed by atoms with Crippen molar-refractivity contribution in [1.29, 1.82) is 0 Å². The molecule has 2 aromatic carbocycles. The third kappa shape index (κ3) is 3.33. The number of benzene rings is 2. The zero-order valence-electron chi connectivity index (χ0n) is 15.2. The summed E-state index contributed by atoms with van der Waals surface area (Å²) in [5, 5.41) is 13.3. The highest BCUT2D eigenvalue weighted by molar-refractivity contribution is 6.03. The summed E-state index contributed by atoms with van der Waals surface area (Å²) in [5.41, 5.74) is 4.43. The fourth-order valence-corrected chi connectivity index (χ4v) is 3.28. The number of carboxylic acid groups (broad SMARTS) is 1. The third-order valence-corrected chi connectivity index (χ3v) is 4.65. The summed E-state index contributed by atoms with van der Waals surface area (Å²) >= 11 is 0. The molecule has 0 aliphatic heterocycles. The Bertz CT molecular complexity index is 985. The Morgan fingerprint density at radius 3 is 2.42 bits per heavy atom. The number of carbonyl (C=O) groups excluding carboxylic acids is 1. The van der Waals surface area contributed by atoms with Gasteiger partial charge < -0.3 is 15.0 Å². The van der Waals surface area contributed by atoms with Gasteiger partial charge in [0.15, 0.2) is 0 Å². The van der Waals surface area contributed by atoms with E-state index in [2.05, 4.69) is 12.2 Å². The van der Waals surface area contributed by atoms with Gasteiger partial charge in [0.2, 0.25) is 5.91 Å². The molecule has 0 aliphatic carbocycles. The number of aromatic carboxylic acids is 1. The number of carboxylic acids is 1. The number of fused-ring (bicyclic) bond motifs is 1. The Morgan fingerprint density at radius 2 is 1.81 bits per heavy atom. The second-order valence-electron chi connectivity index (χ2n) is 6.49. The molecule has 0 aliphatic rings. The number of amides is 1. The van der Waals surface area contributed by atoms with Gasteiger partial charge in [-0.15, -0.1) is 0 Å². The molecule has 3 rings (SSSR count). The molecular formula is C21H22N2O3. The number of hydrogen-bond donors (Lipinski definition) is 2. The van der Waals surface area contributed by atoms with E-state index in [1.54, 1.807) is 11.6 Å². The fourth-order valence-electron chi connectivity index (χ4n) is 3.28. The van der Waals surface area contributed by atoms with Crippen LogP contribution < -0.4 is 5.32 Å². The first-order valence-corrected chi connectivity index (χ1v) is 8.60. The van der Waals surface area contributed by atoms with Crippen molar-refractivity contribution in [2.24, 2.45) is 7.05 Å². The zero-order chi connectivity index (χ0) is 18.8. The van der Waals surface area contributed by atoms with Gasteiger partial charge >= 0.3 is 5.97 Å². The van der Waals surface area contributed by atoms with Crippen LogP contribution in [0.1, 0.15) is 34.1 Å². The van der Waals surface area contributed by atoms with Gasteiger partial charge in [-0.2, -0.15) is 0 Å². The van der Waals surface area contributed by atoms with Crippen molar-refractivity contribution in [2.75, 3.05) is 5.32 Å². The molecule has 0 saturated carbocycles. The Balaban J connectivity index is 1.93. The highest BCUT2D eigenvalue weighted by Crippen LogP contribution is 2.27. The van der Waals surface area contributed by atoms with Crippen molar-refractivity contribution < 1.29 is 14.7 Å². The van der Waals surface area contributed by atoms with Gasteiger partial charge in [0.1, 0.15) is 5.69 Å². The summed E-state index contributed by atoms with van der Waals surface area (Å²) in [6.45, 7) is 4.02. The monoisotopic (exact) mass is 350 g/mol. The van der Waals surface area contributed by atoms with Crippen molar-refractivity contribution in [3.05, 3.63) is 64.8 Å². The SMILES string of the molecule is CCc1ccc(NC(=O)Cc2c(C(=O)O)n(C)c3ccc(C)cc23)cc1. The van der Waals surface area contributed by atoms with E-state index in [1.165, 1.54) is 5.56 Å². The maximum absolute atomic E-state index is 12.5. The highest BCUT2D eigenvalue weighted by atomic mass is 16.4. The average molecular weight is 350 g/mol. The van der Waals surface area contributed by atoms with Gasteiger partial charge in [-0.05, 0) is 43.2 Å². The molecule has 1 heterocycles. The van der Waals surface area contributed by atoms with Gasteiger partial charge in [-0.1, -0.05) is 30.7 Å². The maximum atomic E-state index is 12.5. The molecule has 1 amide bonds. The third-order valence-electron chi connectivity index (χ3n) is 4.65. The number of carbonyl (C=O) groups is 2. The van der Waals surface area contributed by atoms with Crippen molar-refractivity contribution >= 4 is 28.5 Å². The van der Waals surface area contributed by atoms with E-state index in [0.29, 0.717) is 11.3 Å². The minimum atomic E-state index is -1.03. The molecule has 5 nitrogen and oxygen atoms in total. The van der Waals surface area contributed by atoms with Gasteiger partial charge in [0.25, 0.3) is 0 Å². The minimum Gasteiger partial charge on any atom is -0.477 e. The molecule has 0 fully saturated rings. The zero-order valence-corrected chi connectivity index (χ0v) is 15.2. The van der Waals surface area contributed by atoms with Crippen LogP contribution in [0.25, 0.3) is 10.9 Å². The lowest BCUT2D eigenvalue weighted by Gasteiger charge is -2.07. The molecule has 1 aromatic heterocycles. The lowest BCUT2D eigenvalue weighted by atomic mass is 10.0. The van der Waals surface area contributed by atoms with Crippen LogP contribution in [0.4, 0.5) is 5.69 Å². The molecular weight excluding hydrogens is 328 g/mol. The maximum Gasteiger partial charge on any atom is 0.352 e. The smallest absolute Gasteiger partial charge is 0.352 e. The summed E-state index contributed by atoms with van der Waals surface area (Å²) in [4.78, 5) is 24.3. The lowest BCUT2D eigenvalue weighted by molar-refractivity contribution is -0.115. The van der Waals surface area contributed by atoms with E-state index >= 15 is 0 Å². The summed E-state index contributed by atoms with van der Waals surface area (Å²) in [5.74, 6) is -1.26. The first-order chi connectivity index (χ1) is 12.4. The van der Waals surface area contributed by atoms with Crippen LogP contribution >= 0.6 is 0 Å². The van der Waals surface area contributed by atoms with Crippen LogP contribution in [0.5, 0.6) is 0 Å². The second kappa shape index (κ2) is 7.04. The van der Waals surface area contributed by atoms with E-state index in [4.69, 9.17) is 0 Å². The number of aryl methyl sites for hydroxylation is 3. The molecule has 0 saturated heterocycles. The van der Waals surface area contributed by atoms with Gasteiger partial charge in [-0.25, -0.2) is 4.79 Å². The summed E-state index contributed by atoms with van der Waals surface area (Å²) in [6.07, 6.45) is 0.948. The van der Waals surface area contributed by atoms with Crippen molar-refractivity contribution in [3.63, 3.8) is 0 Å². The first-order valence-electron chi connectivity index (χ1n) is 8.60. The Hall–Kier alpha value is -3.08. The predicted molar refractivity (Wildman–Crippen MR) is 103 cm³/mol. The van der Waals surface area contributed by atoms with E-state index in [9.17, 15) is 14.7 Å². The predicted octanol–water partition coefficient (Wildman–Crippen LogP) is 3.93. The molecule has 0 radical (unpaired) electrons. The molecule has 5 heteroatoms. The van der Waals surface area contributed by atoms with Crippen LogP contribution in [0.2, 0.25) is 0 Å². The van der Waals surface area contributed by atoms with Crippen LogP contribution in [0.15, 0.2) is 42.5 Å². The molecule has 26 heavy (non-hydrogen) atoms. The molecule has 0 bridgehead atoms. The molecule has 0 spiro atoms. The van der Waals surface area contributed by atoms with Gasteiger partial charge in [0, 0.05) is 29.2 Å². The van der Waals surface area contributed by atoms with Crippen LogP contribution in [-0.4, -0.2) is 21.6 Å². The molecule has 0 atom stereocenters. The van der Waals surface area contributed by atoms with E-state index in [0.717, 1.165) is 22.9 Å². The Kier molecular flexibility index (Phi) is 4.80. The van der Waals surface area contributed by atoms with Crippen LogP contribution in [0, 0.1) is 6.92 Å². The average Bonchev–Trinajstić information content (AvgIpc) is 2.87. The second-order valence-corrected chi connectivity index (χ2v) is 6.49.